The molecule has 1 rings (SSSR count). The normalized spacial score (nSPS) is 11.5. The summed E-state index contributed by atoms with van der Waals surface area (Å²) in [5.41, 5.74) is 2.66. The molecule has 0 unspecified atom stereocenters. The molecule has 0 heterocycles. The first-order valence-electron chi connectivity index (χ1n) is 4.63. The Morgan fingerprint density at radius 3 is 2.13 bits per heavy atom. The van der Waals surface area contributed by atoms with Gasteiger partial charge in [0.15, 0.2) is 0 Å². The van der Waals surface area contributed by atoms with Gasteiger partial charge in [-0.2, -0.15) is 0 Å². The van der Waals surface area contributed by atoms with Crippen molar-refractivity contribution < 1.29 is 8.42 Å². The molecule has 0 saturated carbocycles. The third kappa shape index (κ3) is 3.21. The molecular formula is C10H14BrNO2S. The first-order chi connectivity index (χ1) is 6.85. The maximum absolute atomic E-state index is 11.4. The van der Waals surface area contributed by atoms with Crippen LogP contribution in [-0.4, -0.2) is 14.2 Å². The Morgan fingerprint density at radius 2 is 1.73 bits per heavy atom. The number of hydrogen-bond donors (Lipinski definition) is 1. The number of rotatable bonds is 3. The van der Waals surface area contributed by atoms with Crippen molar-refractivity contribution in [2.24, 2.45) is 0 Å². The second-order valence-electron chi connectivity index (χ2n) is 3.43. The summed E-state index contributed by atoms with van der Waals surface area (Å²) < 4.78 is 26.3. The fraction of sp³-hybridized carbons (Fsp3) is 0.400. The van der Waals surface area contributed by atoms with Gasteiger partial charge in [0.1, 0.15) is 0 Å². The fourth-order valence-corrected chi connectivity index (χ4v) is 2.11. The summed E-state index contributed by atoms with van der Waals surface area (Å²) in [4.78, 5) is 0. The molecule has 0 saturated heterocycles. The van der Waals surface area contributed by atoms with Crippen LogP contribution in [0.15, 0.2) is 16.6 Å². The van der Waals surface area contributed by atoms with E-state index in [0.29, 0.717) is 5.69 Å². The Morgan fingerprint density at radius 1 is 1.27 bits per heavy atom. The van der Waals surface area contributed by atoms with Gasteiger partial charge in [-0.1, -0.05) is 15.9 Å². The van der Waals surface area contributed by atoms with Crippen molar-refractivity contribution in [3.63, 3.8) is 0 Å². The van der Waals surface area contributed by atoms with Gasteiger partial charge in [0.2, 0.25) is 10.0 Å². The molecule has 1 aromatic carbocycles. The molecule has 0 amide bonds. The van der Waals surface area contributed by atoms with Crippen molar-refractivity contribution in [3.05, 3.63) is 27.7 Å². The molecule has 0 aliphatic rings. The molecule has 0 fully saturated rings. The van der Waals surface area contributed by atoms with E-state index in [1.807, 2.05) is 26.0 Å². The SMILES string of the molecule is CCS(=O)(=O)Nc1cc(C)c(Br)c(C)c1. The van der Waals surface area contributed by atoms with E-state index >= 15 is 0 Å². The molecule has 0 bridgehead atoms. The predicted molar refractivity (Wildman–Crippen MR) is 66.7 cm³/mol. The van der Waals surface area contributed by atoms with Gasteiger partial charge >= 0.3 is 0 Å². The molecule has 1 aromatic rings. The lowest BCUT2D eigenvalue weighted by Gasteiger charge is -2.09. The van der Waals surface area contributed by atoms with E-state index in [1.54, 1.807) is 6.92 Å². The second-order valence-corrected chi connectivity index (χ2v) is 6.23. The molecule has 0 spiro atoms. The van der Waals surface area contributed by atoms with Gasteiger partial charge in [-0.05, 0) is 44.0 Å². The maximum Gasteiger partial charge on any atom is 0.232 e. The first-order valence-corrected chi connectivity index (χ1v) is 7.07. The number of aryl methyl sites for hydroxylation is 2. The van der Waals surface area contributed by atoms with Crippen LogP contribution in [0.4, 0.5) is 5.69 Å². The minimum Gasteiger partial charge on any atom is -0.284 e. The van der Waals surface area contributed by atoms with Crippen LogP contribution in [0.25, 0.3) is 0 Å². The molecule has 0 radical (unpaired) electrons. The summed E-state index contributed by atoms with van der Waals surface area (Å²) in [6, 6.07) is 3.62. The maximum atomic E-state index is 11.4. The monoisotopic (exact) mass is 291 g/mol. The Hall–Kier alpha value is -0.550. The van der Waals surface area contributed by atoms with Crippen LogP contribution in [0.3, 0.4) is 0 Å². The van der Waals surface area contributed by atoms with Gasteiger partial charge in [-0.25, -0.2) is 8.42 Å². The summed E-state index contributed by atoms with van der Waals surface area (Å²) >= 11 is 3.43. The molecule has 0 aromatic heterocycles. The van der Waals surface area contributed by atoms with Crippen LogP contribution in [0.1, 0.15) is 18.1 Å². The van der Waals surface area contributed by atoms with Crippen LogP contribution in [0.5, 0.6) is 0 Å². The van der Waals surface area contributed by atoms with Gasteiger partial charge in [0.25, 0.3) is 0 Å². The molecule has 84 valence electrons. The minimum atomic E-state index is -3.18. The molecule has 5 heteroatoms. The zero-order valence-corrected chi connectivity index (χ0v) is 11.4. The van der Waals surface area contributed by atoms with Crippen LogP contribution < -0.4 is 4.72 Å². The zero-order chi connectivity index (χ0) is 11.6. The van der Waals surface area contributed by atoms with Gasteiger partial charge in [-0.15, -0.1) is 0 Å². The van der Waals surface area contributed by atoms with E-state index in [2.05, 4.69) is 20.7 Å². The highest BCUT2D eigenvalue weighted by atomic mass is 79.9. The second kappa shape index (κ2) is 4.53. The zero-order valence-electron chi connectivity index (χ0n) is 8.96. The third-order valence-electron chi connectivity index (χ3n) is 2.09. The fourth-order valence-electron chi connectivity index (χ4n) is 1.26. The Balaban J connectivity index is 3.08. The lowest BCUT2D eigenvalue weighted by Crippen LogP contribution is -2.14. The van der Waals surface area contributed by atoms with E-state index < -0.39 is 10.0 Å². The predicted octanol–water partition coefficient (Wildman–Crippen LogP) is 2.83. The molecule has 0 atom stereocenters. The van der Waals surface area contributed by atoms with Crippen molar-refractivity contribution in [1.29, 1.82) is 0 Å². The highest BCUT2D eigenvalue weighted by molar-refractivity contribution is 9.10. The molecular weight excluding hydrogens is 278 g/mol. The Bertz CT molecular complexity index is 445. The highest BCUT2D eigenvalue weighted by Gasteiger charge is 2.08. The quantitative estimate of drug-likeness (QED) is 0.931. The molecule has 3 nitrogen and oxygen atoms in total. The van der Waals surface area contributed by atoms with Crippen LogP contribution in [-0.2, 0) is 10.0 Å². The van der Waals surface area contributed by atoms with E-state index in [4.69, 9.17) is 0 Å². The summed E-state index contributed by atoms with van der Waals surface area (Å²) in [7, 11) is -3.18. The van der Waals surface area contributed by atoms with Crippen molar-refractivity contribution in [1.82, 2.24) is 0 Å². The molecule has 0 aliphatic heterocycles. The summed E-state index contributed by atoms with van der Waals surface area (Å²) in [5.74, 6) is 0.0845. The molecule has 15 heavy (non-hydrogen) atoms. The van der Waals surface area contributed by atoms with Crippen molar-refractivity contribution in [2.45, 2.75) is 20.8 Å². The first kappa shape index (κ1) is 12.5. The van der Waals surface area contributed by atoms with Crippen molar-refractivity contribution in [3.8, 4) is 0 Å². The lowest BCUT2D eigenvalue weighted by molar-refractivity contribution is 0.602. The Kier molecular flexibility index (Phi) is 3.78. The van der Waals surface area contributed by atoms with E-state index in [0.717, 1.165) is 15.6 Å². The largest absolute Gasteiger partial charge is 0.284 e. The number of nitrogens with one attached hydrogen (secondary N) is 1. The van der Waals surface area contributed by atoms with Crippen molar-refractivity contribution >= 4 is 31.6 Å². The number of halogens is 1. The van der Waals surface area contributed by atoms with Crippen LogP contribution in [0.2, 0.25) is 0 Å². The van der Waals surface area contributed by atoms with Gasteiger partial charge in [0.05, 0.1) is 5.75 Å². The van der Waals surface area contributed by atoms with Crippen LogP contribution in [0, 0.1) is 13.8 Å². The summed E-state index contributed by atoms with van der Waals surface area (Å²) in [6.07, 6.45) is 0. The highest BCUT2D eigenvalue weighted by Crippen LogP contribution is 2.25. The molecule has 1 N–H and O–H groups in total. The minimum absolute atomic E-state index is 0.0845. The average molecular weight is 292 g/mol. The van der Waals surface area contributed by atoms with Gasteiger partial charge in [-0.3, -0.25) is 4.72 Å². The lowest BCUT2D eigenvalue weighted by atomic mass is 10.1. The van der Waals surface area contributed by atoms with Crippen molar-refractivity contribution in [2.75, 3.05) is 10.5 Å². The number of anilines is 1. The van der Waals surface area contributed by atoms with E-state index in [9.17, 15) is 8.42 Å². The number of hydrogen-bond acceptors (Lipinski definition) is 2. The van der Waals surface area contributed by atoms with Gasteiger partial charge < -0.3 is 0 Å². The summed E-state index contributed by atoms with van der Waals surface area (Å²) in [6.45, 7) is 5.47. The summed E-state index contributed by atoms with van der Waals surface area (Å²) in [5, 5.41) is 0. The van der Waals surface area contributed by atoms with Crippen LogP contribution >= 0.6 is 15.9 Å². The standard InChI is InChI=1S/C10H14BrNO2S/c1-4-15(13,14)12-9-5-7(2)10(11)8(3)6-9/h5-6,12H,4H2,1-3H3. The third-order valence-corrected chi connectivity index (χ3v) is 4.65. The average Bonchev–Trinajstić information content (AvgIpc) is 2.13. The van der Waals surface area contributed by atoms with E-state index in [1.165, 1.54) is 0 Å². The Labute approximate surface area is 99.1 Å². The van der Waals surface area contributed by atoms with E-state index in [-0.39, 0.29) is 5.75 Å². The van der Waals surface area contributed by atoms with Gasteiger partial charge in [0, 0.05) is 10.2 Å². The number of benzene rings is 1. The molecule has 0 aliphatic carbocycles. The smallest absolute Gasteiger partial charge is 0.232 e. The topological polar surface area (TPSA) is 46.2 Å². The number of sulfonamides is 1.